The van der Waals surface area contributed by atoms with Crippen LogP contribution in [0.15, 0.2) is 40.3 Å². The third-order valence-corrected chi connectivity index (χ3v) is 4.77. The van der Waals surface area contributed by atoms with Gasteiger partial charge in [0.15, 0.2) is 5.11 Å². The number of furan rings is 1. The second-order valence-corrected chi connectivity index (χ2v) is 6.28. The van der Waals surface area contributed by atoms with Crippen LogP contribution in [-0.2, 0) is 9.59 Å². The molecule has 1 aromatic carbocycles. The fourth-order valence-corrected chi connectivity index (χ4v) is 2.86. The van der Waals surface area contributed by atoms with E-state index in [1.807, 2.05) is 0 Å². The quantitative estimate of drug-likeness (QED) is 0.255. The first-order valence-electron chi connectivity index (χ1n) is 7.99. The topological polar surface area (TPSA) is 106 Å². The largest absolute Gasteiger partial charge is 0.496 e. The number of ether oxygens (including phenoxy) is 1. The SMILES string of the molecule is COc1cc([N+](=O)[O-])ccc1-c1ccc(C=C2C(=O)N(C)C(=S)N(C)C2=O)o1. The highest BCUT2D eigenvalue weighted by molar-refractivity contribution is 7.80. The van der Waals surface area contributed by atoms with Crippen LogP contribution < -0.4 is 4.74 Å². The number of rotatable bonds is 4. The lowest BCUT2D eigenvalue weighted by molar-refractivity contribution is -0.384. The molecule has 9 nitrogen and oxygen atoms in total. The number of carbonyl (C=O) groups excluding carboxylic acids is 2. The minimum atomic E-state index is -0.529. The summed E-state index contributed by atoms with van der Waals surface area (Å²) >= 11 is 5.04. The molecule has 2 amide bonds. The predicted octanol–water partition coefficient (Wildman–Crippen LogP) is 2.46. The highest BCUT2D eigenvalue weighted by Gasteiger charge is 2.35. The molecule has 28 heavy (non-hydrogen) atoms. The van der Waals surface area contributed by atoms with Gasteiger partial charge in [0.2, 0.25) is 0 Å². The molecule has 144 valence electrons. The zero-order valence-electron chi connectivity index (χ0n) is 15.2. The van der Waals surface area contributed by atoms with Crippen LogP contribution in [0.5, 0.6) is 5.75 Å². The van der Waals surface area contributed by atoms with Crippen molar-refractivity contribution in [2.45, 2.75) is 0 Å². The number of methoxy groups -OCH3 is 1. The highest BCUT2D eigenvalue weighted by Crippen LogP contribution is 2.34. The number of nitro groups is 1. The predicted molar refractivity (Wildman–Crippen MR) is 103 cm³/mol. The summed E-state index contributed by atoms with van der Waals surface area (Å²) in [7, 11) is 4.36. The van der Waals surface area contributed by atoms with Gasteiger partial charge in [-0.05, 0) is 36.5 Å². The average molecular weight is 401 g/mol. The Balaban J connectivity index is 1.98. The lowest BCUT2D eigenvalue weighted by atomic mass is 10.1. The summed E-state index contributed by atoms with van der Waals surface area (Å²) in [6, 6.07) is 7.32. The van der Waals surface area contributed by atoms with Crippen LogP contribution in [0.4, 0.5) is 5.69 Å². The van der Waals surface area contributed by atoms with Crippen molar-refractivity contribution >= 4 is 40.9 Å². The van der Waals surface area contributed by atoms with E-state index in [0.29, 0.717) is 11.3 Å². The summed E-state index contributed by atoms with van der Waals surface area (Å²) in [6.07, 6.45) is 1.33. The highest BCUT2D eigenvalue weighted by atomic mass is 32.1. The van der Waals surface area contributed by atoms with Gasteiger partial charge in [-0.25, -0.2) is 0 Å². The van der Waals surface area contributed by atoms with Crippen LogP contribution in [-0.4, -0.2) is 52.9 Å². The van der Waals surface area contributed by atoms with Gasteiger partial charge in [0.25, 0.3) is 17.5 Å². The van der Waals surface area contributed by atoms with Gasteiger partial charge < -0.3 is 9.15 Å². The molecule has 3 rings (SSSR count). The Morgan fingerprint density at radius 1 is 1.14 bits per heavy atom. The van der Waals surface area contributed by atoms with Gasteiger partial charge in [-0.1, -0.05) is 0 Å². The van der Waals surface area contributed by atoms with Crippen molar-refractivity contribution in [2.24, 2.45) is 0 Å². The van der Waals surface area contributed by atoms with Gasteiger partial charge in [0.05, 0.1) is 23.7 Å². The maximum Gasteiger partial charge on any atom is 0.273 e. The van der Waals surface area contributed by atoms with E-state index in [-0.39, 0.29) is 27.9 Å². The van der Waals surface area contributed by atoms with Gasteiger partial charge in [-0.2, -0.15) is 0 Å². The Hall–Kier alpha value is -3.53. The fourth-order valence-electron chi connectivity index (χ4n) is 2.69. The molecule has 1 aliphatic heterocycles. The first kappa shape index (κ1) is 19.2. The summed E-state index contributed by atoms with van der Waals surface area (Å²) < 4.78 is 10.9. The van der Waals surface area contributed by atoms with Crippen molar-refractivity contribution in [3.05, 3.63) is 51.8 Å². The lowest BCUT2D eigenvalue weighted by Gasteiger charge is -2.31. The molecular weight excluding hydrogens is 386 g/mol. The normalized spacial score (nSPS) is 14.5. The lowest BCUT2D eigenvalue weighted by Crippen LogP contribution is -2.52. The molecule has 0 radical (unpaired) electrons. The number of amides is 2. The molecule has 0 bridgehead atoms. The van der Waals surface area contributed by atoms with E-state index in [4.69, 9.17) is 21.4 Å². The molecule has 0 spiro atoms. The molecule has 0 unspecified atom stereocenters. The zero-order chi connectivity index (χ0) is 20.6. The summed E-state index contributed by atoms with van der Waals surface area (Å²) in [6.45, 7) is 0. The van der Waals surface area contributed by atoms with Crippen LogP contribution in [0.2, 0.25) is 0 Å². The third-order valence-electron chi connectivity index (χ3n) is 4.22. The first-order chi connectivity index (χ1) is 13.2. The number of hydrogen-bond acceptors (Lipinski definition) is 7. The van der Waals surface area contributed by atoms with Gasteiger partial charge in [0.1, 0.15) is 22.8 Å². The summed E-state index contributed by atoms with van der Waals surface area (Å²) in [5.41, 5.74) is 0.291. The molecule has 1 aliphatic rings. The van der Waals surface area contributed by atoms with Crippen molar-refractivity contribution < 1.29 is 23.7 Å². The number of nitro benzene ring substituents is 1. The van der Waals surface area contributed by atoms with Crippen molar-refractivity contribution in [3.8, 4) is 17.1 Å². The van der Waals surface area contributed by atoms with Crippen molar-refractivity contribution in [1.82, 2.24) is 9.80 Å². The van der Waals surface area contributed by atoms with E-state index in [9.17, 15) is 19.7 Å². The molecule has 2 heterocycles. The van der Waals surface area contributed by atoms with E-state index in [1.54, 1.807) is 12.1 Å². The number of nitrogens with zero attached hydrogens (tertiary/aromatic N) is 3. The Bertz CT molecular complexity index is 1020. The van der Waals surface area contributed by atoms with E-state index in [1.165, 1.54) is 55.3 Å². The zero-order valence-corrected chi connectivity index (χ0v) is 16.0. The molecule has 10 heteroatoms. The van der Waals surface area contributed by atoms with Crippen LogP contribution >= 0.6 is 12.2 Å². The molecular formula is C18H15N3O6S. The van der Waals surface area contributed by atoms with Gasteiger partial charge >= 0.3 is 0 Å². The number of hydrogen-bond donors (Lipinski definition) is 0. The Morgan fingerprint density at radius 2 is 1.79 bits per heavy atom. The summed E-state index contributed by atoms with van der Waals surface area (Å²) in [5.74, 6) is -0.163. The van der Waals surface area contributed by atoms with Crippen molar-refractivity contribution in [1.29, 1.82) is 0 Å². The molecule has 0 aliphatic carbocycles. The first-order valence-corrected chi connectivity index (χ1v) is 8.39. The molecule has 0 atom stereocenters. The van der Waals surface area contributed by atoms with Crippen LogP contribution in [0.1, 0.15) is 5.76 Å². The number of likely N-dealkylation sites (N-methyl/N-ethyl adjacent to an activating group) is 2. The van der Waals surface area contributed by atoms with E-state index in [0.717, 1.165) is 0 Å². The smallest absolute Gasteiger partial charge is 0.273 e. The Morgan fingerprint density at radius 3 is 2.36 bits per heavy atom. The third kappa shape index (κ3) is 3.25. The molecule has 1 saturated heterocycles. The van der Waals surface area contributed by atoms with E-state index in [2.05, 4.69) is 0 Å². The number of carbonyl (C=O) groups is 2. The van der Waals surface area contributed by atoms with Crippen molar-refractivity contribution in [2.75, 3.05) is 21.2 Å². The van der Waals surface area contributed by atoms with E-state index < -0.39 is 16.7 Å². The van der Waals surface area contributed by atoms with Gasteiger partial charge in [-0.3, -0.25) is 29.5 Å². The Labute approximate surface area is 164 Å². The Kier molecular flexibility index (Phi) is 4.97. The average Bonchev–Trinajstić information content (AvgIpc) is 3.16. The van der Waals surface area contributed by atoms with Crippen molar-refractivity contribution in [3.63, 3.8) is 0 Å². The summed E-state index contributed by atoms with van der Waals surface area (Å²) in [5, 5.41) is 11.0. The number of benzene rings is 1. The van der Waals surface area contributed by atoms with Gasteiger partial charge in [-0.15, -0.1) is 0 Å². The minimum Gasteiger partial charge on any atom is -0.496 e. The second kappa shape index (κ2) is 7.24. The number of non-ortho nitro benzene ring substituents is 1. The molecule has 0 N–H and O–H groups in total. The number of thiocarbonyl (C=S) groups is 1. The van der Waals surface area contributed by atoms with Gasteiger partial charge in [0, 0.05) is 20.2 Å². The van der Waals surface area contributed by atoms with Crippen LogP contribution in [0.3, 0.4) is 0 Å². The summed E-state index contributed by atoms with van der Waals surface area (Å²) in [4.78, 5) is 37.5. The van der Waals surface area contributed by atoms with Crippen LogP contribution in [0.25, 0.3) is 17.4 Å². The van der Waals surface area contributed by atoms with E-state index >= 15 is 0 Å². The van der Waals surface area contributed by atoms with Crippen LogP contribution in [0, 0.1) is 10.1 Å². The molecule has 1 aromatic heterocycles. The second-order valence-electron chi connectivity index (χ2n) is 5.91. The maximum absolute atomic E-state index is 12.4. The fraction of sp³-hybridized carbons (Fsp3) is 0.167. The molecule has 1 fully saturated rings. The molecule has 2 aromatic rings. The molecule has 0 saturated carbocycles. The monoisotopic (exact) mass is 401 g/mol. The standard InChI is InChI=1S/C18H15N3O6S/c1-19-16(22)13(17(23)20(2)18(19)28)9-11-5-7-14(27-11)12-6-4-10(21(24)25)8-15(12)26-3/h4-9H,1-3H3. The minimum absolute atomic E-state index is 0.0878. The maximum atomic E-state index is 12.4.